The van der Waals surface area contributed by atoms with Crippen molar-refractivity contribution >= 4 is 19.8 Å². The molecule has 0 aromatic rings. The molecular formula is C42H82NO8P. The number of carbonyl (C=O) groups is 2. The van der Waals surface area contributed by atoms with Gasteiger partial charge < -0.3 is 19.3 Å². The summed E-state index contributed by atoms with van der Waals surface area (Å²) in [5.41, 5.74) is 0. The maximum atomic E-state index is 12.6. The van der Waals surface area contributed by atoms with Crippen LogP contribution in [0.4, 0.5) is 0 Å². The summed E-state index contributed by atoms with van der Waals surface area (Å²) >= 11 is 0. The molecule has 10 heteroatoms. The molecule has 0 saturated carbocycles. The average Bonchev–Trinajstić information content (AvgIpc) is 3.11. The number of rotatable bonds is 40. The minimum atomic E-state index is -4.35. The van der Waals surface area contributed by atoms with Crippen LogP contribution in [0.25, 0.3) is 0 Å². The molecule has 2 atom stereocenters. The molecule has 0 aliphatic carbocycles. The normalized spacial score (nSPS) is 13.5. The predicted octanol–water partition coefficient (Wildman–Crippen LogP) is 12.0. The molecule has 0 fully saturated rings. The summed E-state index contributed by atoms with van der Waals surface area (Å²) in [6.45, 7) is 4.33. The summed E-state index contributed by atoms with van der Waals surface area (Å²) in [4.78, 5) is 36.9. The van der Waals surface area contributed by atoms with E-state index in [1.165, 1.54) is 135 Å². The van der Waals surface area contributed by atoms with Gasteiger partial charge in [0.2, 0.25) is 0 Å². The van der Waals surface area contributed by atoms with Crippen LogP contribution in [0, 0.1) is 0 Å². The van der Waals surface area contributed by atoms with Crippen LogP contribution in [0.2, 0.25) is 0 Å². The summed E-state index contributed by atoms with van der Waals surface area (Å²) in [7, 11) is -0.704. The van der Waals surface area contributed by atoms with Crippen molar-refractivity contribution in [2.45, 2.75) is 206 Å². The maximum absolute atomic E-state index is 12.6. The fourth-order valence-corrected chi connectivity index (χ4v) is 6.72. The second-order valence-corrected chi connectivity index (χ2v) is 16.3. The summed E-state index contributed by atoms with van der Waals surface area (Å²) in [6, 6.07) is 0. The first kappa shape index (κ1) is 50.8. The molecule has 0 aliphatic rings. The van der Waals surface area contributed by atoms with Gasteiger partial charge in [-0.3, -0.25) is 18.6 Å². The number of esters is 2. The van der Waals surface area contributed by atoms with E-state index in [0.717, 1.165) is 32.1 Å². The van der Waals surface area contributed by atoms with Gasteiger partial charge in [0.15, 0.2) is 6.10 Å². The van der Waals surface area contributed by atoms with Crippen LogP contribution in [0.3, 0.4) is 0 Å². The van der Waals surface area contributed by atoms with Crippen LogP contribution >= 0.6 is 7.82 Å². The van der Waals surface area contributed by atoms with Gasteiger partial charge in [0.05, 0.1) is 13.2 Å². The van der Waals surface area contributed by atoms with E-state index in [2.05, 4.69) is 26.0 Å². The lowest BCUT2D eigenvalue weighted by atomic mass is 10.0. The Labute approximate surface area is 320 Å². The Morgan fingerprint density at radius 2 is 0.981 bits per heavy atom. The van der Waals surface area contributed by atoms with Crippen molar-refractivity contribution < 1.29 is 37.6 Å². The van der Waals surface area contributed by atoms with Crippen molar-refractivity contribution in [3.05, 3.63) is 12.2 Å². The second-order valence-electron chi connectivity index (χ2n) is 14.9. The molecule has 0 radical (unpaired) electrons. The first-order valence-electron chi connectivity index (χ1n) is 21.5. The first-order chi connectivity index (χ1) is 25.2. The highest BCUT2D eigenvalue weighted by Crippen LogP contribution is 2.43. The third-order valence-electron chi connectivity index (χ3n) is 9.32. The smallest absolute Gasteiger partial charge is 0.462 e. The summed E-state index contributed by atoms with van der Waals surface area (Å²) in [5.74, 6) is -0.800. The monoisotopic (exact) mass is 760 g/mol. The lowest BCUT2D eigenvalue weighted by molar-refractivity contribution is -0.161. The van der Waals surface area contributed by atoms with E-state index in [1.807, 2.05) is 19.0 Å². The molecular weight excluding hydrogens is 677 g/mol. The van der Waals surface area contributed by atoms with Crippen molar-refractivity contribution in [3.8, 4) is 0 Å². The van der Waals surface area contributed by atoms with Crippen LogP contribution in [0.5, 0.6) is 0 Å². The molecule has 52 heavy (non-hydrogen) atoms. The van der Waals surface area contributed by atoms with Gasteiger partial charge in [-0.1, -0.05) is 161 Å². The molecule has 0 aromatic heterocycles. The molecule has 0 bridgehead atoms. The molecule has 2 unspecified atom stereocenters. The summed E-state index contributed by atoms with van der Waals surface area (Å²) in [6.07, 6.45) is 36.8. The Kier molecular flexibility index (Phi) is 37.1. The van der Waals surface area contributed by atoms with Crippen molar-refractivity contribution in [1.29, 1.82) is 0 Å². The number of likely N-dealkylation sites (N-methyl/N-ethyl adjacent to an activating group) is 1. The Balaban J connectivity index is 4.26. The van der Waals surface area contributed by atoms with Crippen molar-refractivity contribution in [3.63, 3.8) is 0 Å². The number of allylic oxidation sites excluding steroid dienone is 2. The molecule has 308 valence electrons. The van der Waals surface area contributed by atoms with Crippen LogP contribution in [0.1, 0.15) is 200 Å². The zero-order chi connectivity index (χ0) is 38.4. The summed E-state index contributed by atoms with van der Waals surface area (Å²) < 4.78 is 33.4. The van der Waals surface area contributed by atoms with E-state index >= 15 is 0 Å². The molecule has 0 heterocycles. The maximum Gasteiger partial charge on any atom is 0.472 e. The van der Waals surface area contributed by atoms with E-state index in [0.29, 0.717) is 13.0 Å². The van der Waals surface area contributed by atoms with E-state index in [9.17, 15) is 19.0 Å². The zero-order valence-electron chi connectivity index (χ0n) is 34.3. The van der Waals surface area contributed by atoms with Gasteiger partial charge in [-0.15, -0.1) is 0 Å². The highest BCUT2D eigenvalue weighted by atomic mass is 31.2. The highest BCUT2D eigenvalue weighted by molar-refractivity contribution is 7.47. The average molecular weight is 760 g/mol. The number of nitrogens with zero attached hydrogens (tertiary/aromatic N) is 1. The number of ether oxygens (including phenoxy) is 2. The van der Waals surface area contributed by atoms with Crippen molar-refractivity contribution in [2.24, 2.45) is 0 Å². The third-order valence-corrected chi connectivity index (χ3v) is 10.3. The molecule has 0 spiro atoms. The van der Waals surface area contributed by atoms with Crippen LogP contribution in [-0.2, 0) is 32.7 Å². The second kappa shape index (κ2) is 38.0. The lowest BCUT2D eigenvalue weighted by Gasteiger charge is -2.20. The van der Waals surface area contributed by atoms with E-state index < -0.39 is 26.5 Å². The van der Waals surface area contributed by atoms with Crippen LogP contribution in [-0.4, -0.2) is 68.3 Å². The van der Waals surface area contributed by atoms with E-state index in [4.69, 9.17) is 18.5 Å². The van der Waals surface area contributed by atoms with Crippen molar-refractivity contribution in [1.82, 2.24) is 4.90 Å². The topological polar surface area (TPSA) is 112 Å². The zero-order valence-corrected chi connectivity index (χ0v) is 35.2. The molecule has 0 saturated heterocycles. The first-order valence-corrected chi connectivity index (χ1v) is 23.0. The standard InChI is InChI=1S/C42H82NO8P/c1-5-7-9-11-13-15-17-19-20-21-22-23-25-26-28-30-32-34-41(44)48-38-40(39-50-52(46,47)49-37-36-43(3)4)51-42(45)35-33-31-29-27-24-18-16-14-12-10-8-6-2/h19-20,40H,5-18,21-39H2,1-4H3,(H,46,47)/b20-19-. The third kappa shape index (κ3) is 38.5. The fraction of sp³-hybridized carbons (Fsp3) is 0.905. The number of hydrogen-bond donors (Lipinski definition) is 1. The number of unbranched alkanes of at least 4 members (excludes halogenated alkanes) is 24. The highest BCUT2D eigenvalue weighted by Gasteiger charge is 2.26. The van der Waals surface area contributed by atoms with Gasteiger partial charge in [-0.25, -0.2) is 4.57 Å². The molecule has 0 amide bonds. The Morgan fingerprint density at radius 3 is 1.42 bits per heavy atom. The Hall–Kier alpha value is -1.25. The molecule has 0 aromatic carbocycles. The van der Waals surface area contributed by atoms with Gasteiger partial charge >= 0.3 is 19.8 Å². The van der Waals surface area contributed by atoms with Crippen LogP contribution < -0.4 is 0 Å². The quantitative estimate of drug-likeness (QED) is 0.0282. The summed E-state index contributed by atoms with van der Waals surface area (Å²) in [5, 5.41) is 0. The van der Waals surface area contributed by atoms with E-state index in [1.54, 1.807) is 0 Å². The fourth-order valence-electron chi connectivity index (χ4n) is 5.98. The number of carbonyl (C=O) groups excluding carboxylic acids is 2. The lowest BCUT2D eigenvalue weighted by Crippen LogP contribution is -2.29. The number of phosphoric ester groups is 1. The van der Waals surface area contributed by atoms with Crippen molar-refractivity contribution in [2.75, 3.05) is 40.5 Å². The molecule has 0 rings (SSSR count). The van der Waals surface area contributed by atoms with Gasteiger partial charge in [-0.2, -0.15) is 0 Å². The number of hydrogen-bond acceptors (Lipinski definition) is 8. The van der Waals surface area contributed by atoms with Gasteiger partial charge in [0.1, 0.15) is 6.61 Å². The van der Waals surface area contributed by atoms with Crippen LogP contribution in [0.15, 0.2) is 12.2 Å². The largest absolute Gasteiger partial charge is 0.472 e. The SMILES string of the molecule is CCCCCCCC/C=C\CCCCCCCCCC(=O)OCC(COP(=O)(O)OCCN(C)C)OC(=O)CCCCCCCCCCCCCC. The predicted molar refractivity (Wildman–Crippen MR) is 216 cm³/mol. The van der Waals surface area contributed by atoms with Gasteiger partial charge in [0.25, 0.3) is 0 Å². The van der Waals surface area contributed by atoms with Gasteiger partial charge in [-0.05, 0) is 52.6 Å². The minimum Gasteiger partial charge on any atom is -0.462 e. The molecule has 0 aliphatic heterocycles. The molecule has 1 N–H and O–H groups in total. The van der Waals surface area contributed by atoms with Gasteiger partial charge in [0, 0.05) is 19.4 Å². The Morgan fingerprint density at radius 1 is 0.577 bits per heavy atom. The Bertz CT molecular complexity index is 884. The minimum absolute atomic E-state index is 0.00980. The van der Waals surface area contributed by atoms with E-state index in [-0.39, 0.29) is 32.0 Å². The number of phosphoric acid groups is 1. The molecule has 9 nitrogen and oxygen atoms in total.